The van der Waals surface area contributed by atoms with E-state index in [-0.39, 0.29) is 6.03 Å². The number of pyridine rings is 1. The van der Waals surface area contributed by atoms with Crippen LogP contribution in [0, 0.1) is 5.92 Å². The maximum atomic E-state index is 12.0. The van der Waals surface area contributed by atoms with Crippen LogP contribution in [0.15, 0.2) is 18.3 Å². The summed E-state index contributed by atoms with van der Waals surface area (Å²) in [7, 11) is 0. The molecule has 1 saturated heterocycles. The second-order valence-corrected chi connectivity index (χ2v) is 7.03. The highest BCUT2D eigenvalue weighted by atomic mass is 16.2. The summed E-state index contributed by atoms with van der Waals surface area (Å²) in [5.74, 6) is 1.74. The van der Waals surface area contributed by atoms with E-state index in [0.717, 1.165) is 43.4 Å². The van der Waals surface area contributed by atoms with Gasteiger partial charge in [0.2, 0.25) is 0 Å². The molecule has 1 aromatic heterocycles. The van der Waals surface area contributed by atoms with Gasteiger partial charge in [-0.25, -0.2) is 9.78 Å². The molecule has 2 N–H and O–H groups in total. The predicted molar refractivity (Wildman–Crippen MR) is 93.9 cm³/mol. The first-order valence-corrected chi connectivity index (χ1v) is 8.99. The molecule has 5 nitrogen and oxygen atoms in total. The van der Waals surface area contributed by atoms with Gasteiger partial charge in [0.1, 0.15) is 5.82 Å². The molecule has 1 unspecified atom stereocenters. The van der Waals surface area contributed by atoms with Crippen molar-refractivity contribution in [2.75, 3.05) is 23.3 Å². The highest BCUT2D eigenvalue weighted by Gasteiger charge is 2.18. The summed E-state index contributed by atoms with van der Waals surface area (Å²) in [6, 6.07) is 4.17. The number of urea groups is 1. The average molecular weight is 316 g/mol. The lowest BCUT2D eigenvalue weighted by Crippen LogP contribution is -2.39. The normalized spacial score (nSPS) is 22.7. The number of aromatic nitrogens is 1. The SMILES string of the molecule is CC1CCCN(c2ccc(NC(=O)NC3CCCCC3)cn2)C1. The number of hydrogen-bond donors (Lipinski definition) is 2. The Hall–Kier alpha value is -1.78. The summed E-state index contributed by atoms with van der Waals surface area (Å²) in [5, 5.41) is 5.96. The minimum absolute atomic E-state index is 0.113. The molecule has 1 aromatic rings. The second-order valence-electron chi connectivity index (χ2n) is 7.03. The molecule has 3 rings (SSSR count). The van der Waals surface area contributed by atoms with Gasteiger partial charge >= 0.3 is 6.03 Å². The van der Waals surface area contributed by atoms with Gasteiger partial charge in [0.25, 0.3) is 0 Å². The molecule has 5 heteroatoms. The fraction of sp³-hybridized carbons (Fsp3) is 0.667. The monoisotopic (exact) mass is 316 g/mol. The lowest BCUT2D eigenvalue weighted by atomic mass is 9.96. The summed E-state index contributed by atoms with van der Waals surface area (Å²) in [4.78, 5) is 18.9. The summed E-state index contributed by atoms with van der Waals surface area (Å²) in [6.45, 7) is 4.44. The van der Waals surface area contributed by atoms with Crippen molar-refractivity contribution in [3.05, 3.63) is 18.3 Å². The van der Waals surface area contributed by atoms with E-state index in [1.165, 1.54) is 32.1 Å². The molecular weight excluding hydrogens is 288 g/mol. The standard InChI is InChI=1S/C18H28N4O/c1-14-6-5-11-22(13-14)17-10-9-16(12-19-17)21-18(23)20-15-7-3-2-4-8-15/h9-10,12,14-15H,2-8,11,13H2,1H3,(H2,20,21,23). The molecule has 126 valence electrons. The van der Waals surface area contributed by atoms with Crippen LogP contribution in [0.25, 0.3) is 0 Å². The summed E-state index contributed by atoms with van der Waals surface area (Å²) in [6.07, 6.45) is 10.2. The Morgan fingerprint density at radius 3 is 2.70 bits per heavy atom. The van der Waals surface area contributed by atoms with Crippen molar-refractivity contribution in [3.8, 4) is 0 Å². The first-order chi connectivity index (χ1) is 11.2. The van der Waals surface area contributed by atoms with Crippen molar-refractivity contribution in [3.63, 3.8) is 0 Å². The summed E-state index contributed by atoms with van der Waals surface area (Å²) >= 11 is 0. The van der Waals surface area contributed by atoms with Crippen molar-refractivity contribution < 1.29 is 4.79 Å². The van der Waals surface area contributed by atoms with Crippen LogP contribution in [0.5, 0.6) is 0 Å². The van der Waals surface area contributed by atoms with E-state index >= 15 is 0 Å². The summed E-state index contributed by atoms with van der Waals surface area (Å²) < 4.78 is 0. The van der Waals surface area contributed by atoms with Crippen LogP contribution in [0.3, 0.4) is 0 Å². The lowest BCUT2D eigenvalue weighted by molar-refractivity contribution is 0.244. The molecule has 1 atom stereocenters. The Kier molecular flexibility index (Phi) is 5.36. The number of amides is 2. The van der Waals surface area contributed by atoms with Gasteiger partial charge in [-0.3, -0.25) is 0 Å². The number of hydrogen-bond acceptors (Lipinski definition) is 3. The summed E-state index contributed by atoms with van der Waals surface area (Å²) in [5.41, 5.74) is 0.757. The number of anilines is 2. The molecule has 0 radical (unpaired) electrons. The zero-order valence-electron chi connectivity index (χ0n) is 14.1. The number of carbonyl (C=O) groups excluding carboxylic acids is 1. The Bertz CT molecular complexity index is 510. The van der Waals surface area contributed by atoms with Gasteiger partial charge in [0, 0.05) is 19.1 Å². The molecule has 1 aliphatic heterocycles. The van der Waals surface area contributed by atoms with Gasteiger partial charge in [-0.2, -0.15) is 0 Å². The third kappa shape index (κ3) is 4.60. The molecule has 1 saturated carbocycles. The van der Waals surface area contributed by atoms with Crippen LogP contribution >= 0.6 is 0 Å². The molecule has 0 spiro atoms. The Morgan fingerprint density at radius 2 is 2.00 bits per heavy atom. The van der Waals surface area contributed by atoms with Gasteiger partial charge in [-0.1, -0.05) is 26.2 Å². The number of nitrogens with zero attached hydrogens (tertiary/aromatic N) is 2. The van der Waals surface area contributed by atoms with Crippen LogP contribution < -0.4 is 15.5 Å². The zero-order valence-corrected chi connectivity index (χ0v) is 14.1. The van der Waals surface area contributed by atoms with Crippen LogP contribution in [0.4, 0.5) is 16.3 Å². The van der Waals surface area contributed by atoms with Crippen LogP contribution in [0.2, 0.25) is 0 Å². The molecule has 2 amide bonds. The molecule has 2 heterocycles. The Balaban J connectivity index is 1.51. The van der Waals surface area contributed by atoms with Crippen molar-refractivity contribution in [1.29, 1.82) is 0 Å². The topological polar surface area (TPSA) is 57.3 Å². The maximum absolute atomic E-state index is 12.0. The van der Waals surface area contributed by atoms with Gasteiger partial charge < -0.3 is 15.5 Å². The van der Waals surface area contributed by atoms with E-state index in [9.17, 15) is 4.79 Å². The molecule has 23 heavy (non-hydrogen) atoms. The average Bonchev–Trinajstić information content (AvgIpc) is 2.56. The van der Waals surface area contributed by atoms with E-state index in [0.29, 0.717) is 6.04 Å². The number of piperidine rings is 1. The highest BCUT2D eigenvalue weighted by Crippen LogP contribution is 2.22. The Labute approximate surface area is 138 Å². The van der Waals surface area contributed by atoms with Gasteiger partial charge in [-0.15, -0.1) is 0 Å². The fourth-order valence-corrected chi connectivity index (χ4v) is 3.64. The van der Waals surface area contributed by atoms with Gasteiger partial charge in [-0.05, 0) is 43.7 Å². The van der Waals surface area contributed by atoms with Crippen molar-refractivity contribution >= 4 is 17.5 Å². The van der Waals surface area contributed by atoms with E-state index in [1.54, 1.807) is 6.20 Å². The third-order valence-corrected chi connectivity index (χ3v) is 4.93. The predicted octanol–water partition coefficient (Wildman–Crippen LogP) is 3.77. The minimum atomic E-state index is -0.113. The molecule has 2 fully saturated rings. The molecule has 0 aromatic carbocycles. The van der Waals surface area contributed by atoms with Crippen molar-refractivity contribution in [2.24, 2.45) is 5.92 Å². The maximum Gasteiger partial charge on any atom is 0.319 e. The van der Waals surface area contributed by atoms with Crippen LogP contribution in [-0.4, -0.2) is 30.1 Å². The van der Waals surface area contributed by atoms with E-state index < -0.39 is 0 Å². The van der Waals surface area contributed by atoms with Gasteiger partial charge in [0.15, 0.2) is 0 Å². The van der Waals surface area contributed by atoms with Gasteiger partial charge in [0.05, 0.1) is 11.9 Å². The first kappa shape index (κ1) is 16.1. The minimum Gasteiger partial charge on any atom is -0.356 e. The third-order valence-electron chi connectivity index (χ3n) is 4.93. The number of carbonyl (C=O) groups is 1. The van der Waals surface area contributed by atoms with Crippen molar-refractivity contribution in [1.82, 2.24) is 10.3 Å². The molecule has 1 aliphatic carbocycles. The van der Waals surface area contributed by atoms with E-state index in [1.807, 2.05) is 12.1 Å². The van der Waals surface area contributed by atoms with Crippen LogP contribution in [-0.2, 0) is 0 Å². The second kappa shape index (κ2) is 7.66. The smallest absolute Gasteiger partial charge is 0.319 e. The Morgan fingerprint density at radius 1 is 1.17 bits per heavy atom. The van der Waals surface area contributed by atoms with Crippen LogP contribution in [0.1, 0.15) is 51.9 Å². The largest absolute Gasteiger partial charge is 0.356 e. The lowest BCUT2D eigenvalue weighted by Gasteiger charge is -2.31. The van der Waals surface area contributed by atoms with E-state index in [4.69, 9.17) is 0 Å². The first-order valence-electron chi connectivity index (χ1n) is 8.99. The quantitative estimate of drug-likeness (QED) is 0.892. The molecular formula is C18H28N4O. The zero-order chi connectivity index (χ0) is 16.1. The highest BCUT2D eigenvalue weighted by molar-refractivity contribution is 5.89. The molecule has 0 bridgehead atoms. The number of rotatable bonds is 3. The fourth-order valence-electron chi connectivity index (χ4n) is 3.64. The number of nitrogens with one attached hydrogen (secondary N) is 2. The van der Waals surface area contributed by atoms with Crippen molar-refractivity contribution in [2.45, 2.75) is 57.9 Å². The molecule has 2 aliphatic rings. The van der Waals surface area contributed by atoms with E-state index in [2.05, 4.69) is 27.4 Å².